The summed E-state index contributed by atoms with van der Waals surface area (Å²) in [5.74, 6) is 3.93. The zero-order chi connectivity index (χ0) is 34.7. The molecule has 0 amide bonds. The van der Waals surface area contributed by atoms with E-state index in [4.69, 9.17) is 47.4 Å². The minimum absolute atomic E-state index is 0.114. The van der Waals surface area contributed by atoms with Gasteiger partial charge in [0.15, 0.2) is 50.2 Å². The predicted octanol–water partition coefficient (Wildman–Crippen LogP) is 8.66. The second-order valence-electron chi connectivity index (χ2n) is 11.5. The molecule has 0 aliphatic carbocycles. The summed E-state index contributed by atoms with van der Waals surface area (Å²) in [5, 5.41) is 0. The molecule has 2 aromatic carbocycles. The van der Waals surface area contributed by atoms with Crippen LogP contribution in [-0.2, 0) is 31.8 Å². The second kappa shape index (κ2) is 26.7. The molecule has 0 N–H and O–H groups in total. The van der Waals surface area contributed by atoms with Crippen LogP contribution in [0.3, 0.4) is 0 Å². The van der Waals surface area contributed by atoms with E-state index in [1.54, 1.807) is 48.7 Å². The van der Waals surface area contributed by atoms with Crippen molar-refractivity contribution in [3.05, 3.63) is 47.5 Å². The summed E-state index contributed by atoms with van der Waals surface area (Å²) in [4.78, 5) is 0. The van der Waals surface area contributed by atoms with Crippen molar-refractivity contribution in [2.75, 3.05) is 69.8 Å². The van der Waals surface area contributed by atoms with Crippen LogP contribution in [0.25, 0.3) is 0 Å². The van der Waals surface area contributed by atoms with Crippen LogP contribution < -0.4 is 28.4 Å². The van der Waals surface area contributed by atoms with Gasteiger partial charge in [0, 0.05) is 46.1 Å². The zero-order valence-corrected chi connectivity index (χ0v) is 30.3. The molecular weight excluding hydrogens is 616 g/mol. The first-order chi connectivity index (χ1) is 23.6. The highest BCUT2D eigenvalue weighted by molar-refractivity contribution is 5.61. The Hall–Kier alpha value is -3.18. The maximum absolute atomic E-state index is 5.89. The van der Waals surface area contributed by atoms with Gasteiger partial charge in [-0.25, -0.2) is 0 Å². The smallest absolute Gasteiger partial charge is 0.188 e. The van der Waals surface area contributed by atoms with E-state index in [1.807, 2.05) is 6.07 Å². The first kappa shape index (κ1) is 41.0. The number of rotatable bonds is 30. The van der Waals surface area contributed by atoms with Gasteiger partial charge in [0.1, 0.15) is 11.5 Å². The summed E-state index contributed by atoms with van der Waals surface area (Å²) >= 11 is 0. The largest absolute Gasteiger partial charge is 0.493 e. The second-order valence-corrected chi connectivity index (χ2v) is 11.5. The van der Waals surface area contributed by atoms with Crippen molar-refractivity contribution in [1.29, 1.82) is 0 Å². The van der Waals surface area contributed by atoms with Gasteiger partial charge in [-0.05, 0) is 69.1 Å². The SMILES string of the molecule is COCOc1cc(CCCCCCC/C=C\CCCCCCCc2c(OC)c(OCOC)cc(OC)c2OCOC)cc(OCOC)c1. The number of ether oxygens (including phenoxy) is 10. The average Bonchev–Trinajstić information content (AvgIpc) is 3.10. The highest BCUT2D eigenvalue weighted by Crippen LogP contribution is 2.45. The molecule has 0 saturated heterocycles. The summed E-state index contributed by atoms with van der Waals surface area (Å²) in [6.07, 6.45) is 20.7. The molecule has 0 aromatic heterocycles. The lowest BCUT2D eigenvalue weighted by Gasteiger charge is -2.20. The average molecular weight is 677 g/mol. The van der Waals surface area contributed by atoms with Gasteiger partial charge in [0.25, 0.3) is 0 Å². The molecule has 0 aliphatic rings. The third-order valence-corrected chi connectivity index (χ3v) is 7.76. The maximum atomic E-state index is 5.89. The number of aryl methyl sites for hydroxylation is 1. The van der Waals surface area contributed by atoms with Crippen molar-refractivity contribution >= 4 is 0 Å². The van der Waals surface area contributed by atoms with E-state index in [0.29, 0.717) is 23.0 Å². The fourth-order valence-electron chi connectivity index (χ4n) is 5.41. The molecule has 2 rings (SSSR count). The Bertz CT molecular complexity index is 1110. The van der Waals surface area contributed by atoms with Gasteiger partial charge in [-0.3, -0.25) is 0 Å². The number of unbranched alkanes of at least 4 members (excludes halogenated alkanes) is 10. The molecule has 48 heavy (non-hydrogen) atoms. The molecule has 0 radical (unpaired) electrons. The summed E-state index contributed by atoms with van der Waals surface area (Å²) in [7, 11) is 9.66. The summed E-state index contributed by atoms with van der Waals surface area (Å²) < 4.78 is 54.5. The molecule has 0 aliphatic heterocycles. The van der Waals surface area contributed by atoms with Crippen LogP contribution in [0.2, 0.25) is 0 Å². The molecular formula is C38H60O10. The van der Waals surface area contributed by atoms with Crippen molar-refractivity contribution in [1.82, 2.24) is 0 Å². The molecule has 2 aromatic rings. The monoisotopic (exact) mass is 676 g/mol. The van der Waals surface area contributed by atoms with Crippen LogP contribution in [0.15, 0.2) is 36.4 Å². The van der Waals surface area contributed by atoms with Crippen LogP contribution in [0.1, 0.15) is 88.2 Å². The Balaban J connectivity index is 1.61. The Kier molecular flexibility index (Phi) is 22.8. The Morgan fingerprint density at radius 3 is 1.48 bits per heavy atom. The molecule has 272 valence electrons. The Labute approximate surface area is 288 Å². The highest BCUT2D eigenvalue weighted by Gasteiger charge is 2.22. The third kappa shape index (κ3) is 16.3. The van der Waals surface area contributed by atoms with Crippen molar-refractivity contribution in [3.63, 3.8) is 0 Å². The number of allylic oxidation sites excluding steroid dienone is 2. The maximum Gasteiger partial charge on any atom is 0.188 e. The van der Waals surface area contributed by atoms with E-state index in [9.17, 15) is 0 Å². The van der Waals surface area contributed by atoms with E-state index in [0.717, 1.165) is 62.0 Å². The Morgan fingerprint density at radius 2 is 0.938 bits per heavy atom. The van der Waals surface area contributed by atoms with Crippen molar-refractivity contribution in [2.24, 2.45) is 0 Å². The molecule has 0 fully saturated rings. The fourth-order valence-corrected chi connectivity index (χ4v) is 5.41. The summed E-state index contributed by atoms with van der Waals surface area (Å²) in [5.41, 5.74) is 2.13. The van der Waals surface area contributed by atoms with E-state index < -0.39 is 0 Å². The first-order valence-electron chi connectivity index (χ1n) is 17.1. The topological polar surface area (TPSA) is 92.3 Å². The van der Waals surface area contributed by atoms with Crippen molar-refractivity contribution in [3.8, 4) is 34.5 Å². The molecule has 0 bridgehead atoms. The van der Waals surface area contributed by atoms with Gasteiger partial charge < -0.3 is 47.4 Å². The van der Waals surface area contributed by atoms with Gasteiger partial charge in [0.05, 0.1) is 14.2 Å². The van der Waals surface area contributed by atoms with Gasteiger partial charge in [-0.1, -0.05) is 50.7 Å². The van der Waals surface area contributed by atoms with Gasteiger partial charge >= 0.3 is 0 Å². The van der Waals surface area contributed by atoms with Crippen molar-refractivity contribution in [2.45, 2.75) is 89.9 Å². The number of benzene rings is 2. The van der Waals surface area contributed by atoms with E-state index >= 15 is 0 Å². The van der Waals surface area contributed by atoms with Crippen LogP contribution in [0.4, 0.5) is 0 Å². The molecule has 10 nitrogen and oxygen atoms in total. The van der Waals surface area contributed by atoms with Gasteiger partial charge in [0.2, 0.25) is 0 Å². The van der Waals surface area contributed by atoms with Gasteiger partial charge in [-0.15, -0.1) is 0 Å². The minimum Gasteiger partial charge on any atom is -0.493 e. The normalized spacial score (nSPS) is 11.2. The van der Waals surface area contributed by atoms with E-state index in [1.165, 1.54) is 50.5 Å². The number of hydrogen-bond donors (Lipinski definition) is 0. The van der Waals surface area contributed by atoms with Crippen LogP contribution >= 0.6 is 0 Å². The lowest BCUT2D eigenvalue weighted by Crippen LogP contribution is -2.08. The quantitative estimate of drug-likeness (QED) is 0.0455. The lowest BCUT2D eigenvalue weighted by atomic mass is 10.0. The van der Waals surface area contributed by atoms with Crippen molar-refractivity contribution < 1.29 is 47.4 Å². The van der Waals surface area contributed by atoms with Crippen LogP contribution in [0.5, 0.6) is 34.5 Å². The number of hydrogen-bond acceptors (Lipinski definition) is 10. The Morgan fingerprint density at radius 1 is 0.438 bits per heavy atom. The summed E-state index contributed by atoms with van der Waals surface area (Å²) in [6, 6.07) is 7.76. The van der Waals surface area contributed by atoms with Crippen LogP contribution in [0, 0.1) is 0 Å². The standard InChI is InChI=1S/C38H60O10/c1-39-27-45-32-23-31(24-33(25-32)46-28-40-2)21-19-17-15-13-11-9-7-8-10-12-14-16-18-20-22-34-37(44-6)36(47-29-41-3)26-35(43-5)38(34)48-30-42-4/h7-8,23-26H,9-22,27-30H2,1-6H3/b8-7-. The lowest BCUT2D eigenvalue weighted by molar-refractivity contribution is 0.0444. The zero-order valence-electron chi connectivity index (χ0n) is 30.3. The molecule has 0 unspecified atom stereocenters. The predicted molar refractivity (Wildman–Crippen MR) is 188 cm³/mol. The number of methoxy groups -OCH3 is 6. The third-order valence-electron chi connectivity index (χ3n) is 7.76. The van der Waals surface area contributed by atoms with Gasteiger partial charge in [-0.2, -0.15) is 0 Å². The molecule has 0 saturated carbocycles. The molecule has 10 heteroatoms. The highest BCUT2D eigenvalue weighted by atomic mass is 16.7. The summed E-state index contributed by atoms with van der Waals surface area (Å²) in [6.45, 7) is 0.660. The minimum atomic E-state index is 0.114. The fraction of sp³-hybridized carbons (Fsp3) is 0.632. The van der Waals surface area contributed by atoms with E-state index in [2.05, 4.69) is 24.3 Å². The first-order valence-corrected chi connectivity index (χ1v) is 17.1. The van der Waals surface area contributed by atoms with E-state index in [-0.39, 0.29) is 27.2 Å². The molecule has 0 heterocycles. The molecule has 0 atom stereocenters. The molecule has 0 spiro atoms. The van der Waals surface area contributed by atoms with Crippen LogP contribution in [-0.4, -0.2) is 69.8 Å².